The zero-order valence-electron chi connectivity index (χ0n) is 30.3. The fraction of sp³-hybridized carbons (Fsp3) is 0.0625. The molecule has 0 saturated heterocycles. The van der Waals surface area contributed by atoms with Gasteiger partial charge >= 0.3 is 0 Å². The van der Waals surface area contributed by atoms with E-state index in [-0.39, 0.29) is 0 Å². The second kappa shape index (κ2) is 12.6. The zero-order chi connectivity index (χ0) is 36.3. The summed E-state index contributed by atoms with van der Waals surface area (Å²) in [6.45, 7) is 6.35. The largest absolute Gasteiger partial charge is 0.292 e. The minimum Gasteiger partial charge on any atom is -0.292 e. The lowest BCUT2D eigenvalue weighted by Crippen LogP contribution is -2.02. The van der Waals surface area contributed by atoms with Crippen molar-refractivity contribution in [3.63, 3.8) is 0 Å². The van der Waals surface area contributed by atoms with Crippen molar-refractivity contribution in [3.05, 3.63) is 180 Å². The van der Waals surface area contributed by atoms with Crippen LogP contribution in [-0.2, 0) is 0 Å². The SMILES string of the molecule is Cc1ccc(-n2c(-c3cc(-c4nc5ccccc5n4-c4ccc(C)cc4)cc(-c4nc5ccccc5n4-c4ccc(C)cc4)c3)nc3ccccc32)cc1. The number of aryl methyl sites for hydroxylation is 3. The minimum atomic E-state index is 0.846. The smallest absolute Gasteiger partial charge is 0.145 e. The summed E-state index contributed by atoms with van der Waals surface area (Å²) in [5.74, 6) is 2.54. The van der Waals surface area contributed by atoms with Crippen LogP contribution in [0, 0.1) is 20.8 Å². The van der Waals surface area contributed by atoms with Crippen LogP contribution in [0.4, 0.5) is 0 Å². The van der Waals surface area contributed by atoms with Gasteiger partial charge in [-0.3, -0.25) is 13.7 Å². The lowest BCUT2D eigenvalue weighted by molar-refractivity contribution is 1.08. The van der Waals surface area contributed by atoms with Crippen LogP contribution < -0.4 is 0 Å². The maximum atomic E-state index is 5.33. The lowest BCUT2D eigenvalue weighted by Gasteiger charge is -2.16. The Labute approximate surface area is 313 Å². The first-order valence-corrected chi connectivity index (χ1v) is 18.3. The van der Waals surface area contributed by atoms with E-state index in [1.54, 1.807) is 0 Å². The third-order valence-electron chi connectivity index (χ3n) is 10.3. The van der Waals surface area contributed by atoms with Gasteiger partial charge in [0.2, 0.25) is 0 Å². The van der Waals surface area contributed by atoms with E-state index in [2.05, 4.69) is 180 Å². The van der Waals surface area contributed by atoms with Crippen LogP contribution in [0.5, 0.6) is 0 Å². The predicted octanol–water partition coefficient (Wildman–Crippen LogP) is 11.6. The van der Waals surface area contributed by atoms with Crippen molar-refractivity contribution < 1.29 is 0 Å². The quantitative estimate of drug-likeness (QED) is 0.174. The van der Waals surface area contributed by atoms with Crippen LogP contribution >= 0.6 is 0 Å². The summed E-state index contributed by atoms with van der Waals surface area (Å²) < 4.78 is 6.80. The Morgan fingerprint density at radius 1 is 0.315 bits per heavy atom. The van der Waals surface area contributed by atoms with Gasteiger partial charge in [0.1, 0.15) is 17.5 Å². The molecule has 0 aliphatic carbocycles. The van der Waals surface area contributed by atoms with Crippen molar-refractivity contribution in [2.45, 2.75) is 20.8 Å². The monoisotopic (exact) mass is 696 g/mol. The summed E-state index contributed by atoms with van der Waals surface area (Å²) >= 11 is 0. The fourth-order valence-corrected chi connectivity index (χ4v) is 7.54. The molecule has 10 aromatic rings. The minimum absolute atomic E-state index is 0.846. The van der Waals surface area contributed by atoms with Crippen LogP contribution in [0.3, 0.4) is 0 Å². The Hall–Kier alpha value is -7.05. The molecular formula is C48H36N6. The van der Waals surface area contributed by atoms with Gasteiger partial charge in [-0.1, -0.05) is 89.5 Å². The van der Waals surface area contributed by atoms with E-state index in [9.17, 15) is 0 Å². The second-order valence-electron chi connectivity index (χ2n) is 14.1. The molecule has 0 aliphatic rings. The molecule has 0 radical (unpaired) electrons. The highest BCUT2D eigenvalue weighted by molar-refractivity contribution is 5.90. The summed E-state index contributed by atoms with van der Waals surface area (Å²) in [7, 11) is 0. The van der Waals surface area contributed by atoms with E-state index in [0.717, 1.165) is 84.3 Å². The number of rotatable bonds is 6. The molecular weight excluding hydrogens is 661 g/mol. The molecule has 0 aliphatic heterocycles. The van der Waals surface area contributed by atoms with Crippen LogP contribution in [-0.4, -0.2) is 28.7 Å². The lowest BCUT2D eigenvalue weighted by atomic mass is 10.0. The first-order valence-electron chi connectivity index (χ1n) is 18.3. The zero-order valence-corrected chi connectivity index (χ0v) is 30.3. The summed E-state index contributed by atoms with van der Waals surface area (Å²) in [5, 5.41) is 0. The molecule has 54 heavy (non-hydrogen) atoms. The highest BCUT2D eigenvalue weighted by Crippen LogP contribution is 2.38. The Bertz CT molecular complexity index is 2660. The number of hydrogen-bond acceptors (Lipinski definition) is 3. The van der Waals surface area contributed by atoms with Gasteiger partial charge < -0.3 is 0 Å². The molecule has 0 unspecified atom stereocenters. The topological polar surface area (TPSA) is 53.5 Å². The number of hydrogen-bond donors (Lipinski definition) is 0. The van der Waals surface area contributed by atoms with Crippen molar-refractivity contribution in [2.75, 3.05) is 0 Å². The first kappa shape index (κ1) is 31.7. The molecule has 0 spiro atoms. The molecule has 0 atom stereocenters. The number of aromatic nitrogens is 6. The molecule has 0 amide bonds. The van der Waals surface area contributed by atoms with Gasteiger partial charge in [-0.25, -0.2) is 15.0 Å². The van der Waals surface area contributed by atoms with Gasteiger partial charge in [-0.2, -0.15) is 0 Å². The molecule has 7 aromatic carbocycles. The first-order chi connectivity index (χ1) is 26.5. The van der Waals surface area contributed by atoms with Gasteiger partial charge in [-0.05, 0) is 112 Å². The van der Waals surface area contributed by atoms with Crippen molar-refractivity contribution in [2.24, 2.45) is 0 Å². The maximum Gasteiger partial charge on any atom is 0.145 e. The summed E-state index contributed by atoms with van der Waals surface area (Å²) in [4.78, 5) is 16.0. The number of nitrogens with zero attached hydrogens (tertiary/aromatic N) is 6. The van der Waals surface area contributed by atoms with Gasteiger partial charge in [0.25, 0.3) is 0 Å². The molecule has 3 aromatic heterocycles. The third-order valence-corrected chi connectivity index (χ3v) is 10.3. The van der Waals surface area contributed by atoms with Crippen molar-refractivity contribution in [1.82, 2.24) is 28.7 Å². The molecule has 0 bridgehead atoms. The Kier molecular flexibility index (Phi) is 7.37. The van der Waals surface area contributed by atoms with Gasteiger partial charge in [0.05, 0.1) is 33.1 Å². The van der Waals surface area contributed by atoms with Gasteiger partial charge in [0, 0.05) is 33.8 Å². The molecule has 0 fully saturated rings. The highest BCUT2D eigenvalue weighted by Gasteiger charge is 2.22. The maximum absolute atomic E-state index is 5.33. The number of imidazole rings is 3. The Morgan fingerprint density at radius 2 is 0.574 bits per heavy atom. The molecule has 0 saturated carbocycles. The number of benzene rings is 7. The van der Waals surface area contributed by atoms with Crippen LogP contribution in [0.1, 0.15) is 16.7 Å². The van der Waals surface area contributed by atoms with Crippen LogP contribution in [0.25, 0.3) is 84.3 Å². The Balaban J connectivity index is 1.30. The molecule has 6 heteroatoms. The van der Waals surface area contributed by atoms with Crippen molar-refractivity contribution >= 4 is 33.1 Å². The Morgan fingerprint density at radius 3 is 0.852 bits per heavy atom. The van der Waals surface area contributed by atoms with Crippen molar-refractivity contribution in [3.8, 4) is 51.2 Å². The molecule has 10 rings (SSSR count). The van der Waals surface area contributed by atoms with E-state index < -0.39 is 0 Å². The summed E-state index contributed by atoms with van der Waals surface area (Å²) in [5.41, 5.74) is 15.6. The standard InChI is InChI=1S/C48H36N6/c1-31-16-22-37(23-17-31)52-43-13-7-4-10-40(43)49-46(52)34-28-35(47-50-41-11-5-8-14-44(41)53(47)38-24-18-32(2)19-25-38)30-36(29-34)48-51-42-12-6-9-15-45(42)54(48)39-26-20-33(3)21-27-39/h4-30H,1-3H3. The summed E-state index contributed by atoms with van der Waals surface area (Å²) in [6, 6.07) is 57.7. The van der Waals surface area contributed by atoms with E-state index in [4.69, 9.17) is 15.0 Å². The average Bonchev–Trinajstić information content (AvgIpc) is 3.91. The van der Waals surface area contributed by atoms with E-state index in [1.807, 2.05) is 18.2 Å². The van der Waals surface area contributed by atoms with Crippen molar-refractivity contribution in [1.29, 1.82) is 0 Å². The summed E-state index contributed by atoms with van der Waals surface area (Å²) in [6.07, 6.45) is 0. The normalized spacial score (nSPS) is 11.6. The second-order valence-corrected chi connectivity index (χ2v) is 14.1. The van der Waals surface area contributed by atoms with Gasteiger partial charge in [-0.15, -0.1) is 0 Å². The van der Waals surface area contributed by atoms with E-state index >= 15 is 0 Å². The van der Waals surface area contributed by atoms with E-state index in [1.165, 1.54) is 16.7 Å². The van der Waals surface area contributed by atoms with Crippen LogP contribution in [0.15, 0.2) is 164 Å². The molecule has 258 valence electrons. The molecule has 6 nitrogen and oxygen atoms in total. The van der Waals surface area contributed by atoms with Crippen LogP contribution in [0.2, 0.25) is 0 Å². The highest BCUT2D eigenvalue weighted by atomic mass is 15.1. The predicted molar refractivity (Wildman–Crippen MR) is 221 cm³/mol. The molecule has 0 N–H and O–H groups in total. The molecule has 3 heterocycles. The van der Waals surface area contributed by atoms with Gasteiger partial charge in [0.15, 0.2) is 0 Å². The van der Waals surface area contributed by atoms with E-state index in [0.29, 0.717) is 0 Å². The number of fused-ring (bicyclic) bond motifs is 3. The third kappa shape index (κ3) is 5.30. The average molecular weight is 697 g/mol. The number of para-hydroxylation sites is 6. The fourth-order valence-electron chi connectivity index (χ4n) is 7.54.